The summed E-state index contributed by atoms with van der Waals surface area (Å²) in [5, 5.41) is 6.11. The summed E-state index contributed by atoms with van der Waals surface area (Å²) in [7, 11) is 0. The van der Waals surface area contributed by atoms with Gasteiger partial charge in [-0.3, -0.25) is 0 Å². The van der Waals surface area contributed by atoms with Gasteiger partial charge in [-0.1, -0.05) is 43.5 Å². The first-order valence-corrected chi connectivity index (χ1v) is 6.66. The third-order valence-corrected chi connectivity index (χ3v) is 3.17. The number of benzene rings is 1. The molecule has 0 fully saturated rings. The lowest BCUT2D eigenvalue weighted by Gasteiger charge is -2.18. The fourth-order valence-corrected chi connectivity index (χ4v) is 2.47. The fraction of sp³-hybridized carbons (Fsp3) is 0.429. The van der Waals surface area contributed by atoms with Gasteiger partial charge in [0.05, 0.1) is 0 Å². The van der Waals surface area contributed by atoms with E-state index in [1.165, 1.54) is 28.2 Å². The van der Waals surface area contributed by atoms with Gasteiger partial charge in [0, 0.05) is 10.9 Å². The molecule has 3 heteroatoms. The van der Waals surface area contributed by atoms with Crippen LogP contribution in [0.2, 0.25) is 0 Å². The average Bonchev–Trinajstić information content (AvgIpc) is 2.68. The summed E-state index contributed by atoms with van der Waals surface area (Å²) in [6.07, 6.45) is 1.10. The van der Waals surface area contributed by atoms with E-state index in [0.29, 0.717) is 5.41 Å². The number of aryl methyl sites for hydroxylation is 1. The van der Waals surface area contributed by atoms with E-state index in [1.54, 1.807) is 0 Å². The van der Waals surface area contributed by atoms with Crippen molar-refractivity contribution in [1.82, 2.24) is 9.59 Å². The van der Waals surface area contributed by atoms with E-state index < -0.39 is 0 Å². The molecule has 0 aliphatic carbocycles. The van der Waals surface area contributed by atoms with E-state index in [-0.39, 0.29) is 0 Å². The second kappa shape index (κ2) is 4.57. The normalized spacial score (nSPS) is 11.8. The second-order valence-corrected chi connectivity index (χ2v) is 6.29. The van der Waals surface area contributed by atoms with Gasteiger partial charge in [-0.05, 0) is 41.4 Å². The Hall–Kier alpha value is -1.22. The first kappa shape index (κ1) is 12.2. The van der Waals surface area contributed by atoms with Crippen LogP contribution in [0.5, 0.6) is 0 Å². The van der Waals surface area contributed by atoms with E-state index in [1.807, 2.05) is 5.38 Å². The summed E-state index contributed by atoms with van der Waals surface area (Å²) in [5.41, 5.74) is 5.17. The van der Waals surface area contributed by atoms with Gasteiger partial charge in [0.15, 0.2) is 0 Å². The van der Waals surface area contributed by atoms with Crippen LogP contribution in [0, 0.1) is 12.3 Å². The highest BCUT2D eigenvalue weighted by Gasteiger charge is 2.12. The van der Waals surface area contributed by atoms with Crippen LogP contribution in [0.1, 0.15) is 31.9 Å². The molecule has 1 aromatic heterocycles. The first-order chi connectivity index (χ1) is 7.96. The molecule has 0 radical (unpaired) electrons. The van der Waals surface area contributed by atoms with E-state index in [4.69, 9.17) is 0 Å². The Balaban J connectivity index is 2.30. The molecular formula is C14H18N2S. The van der Waals surface area contributed by atoms with Crippen molar-refractivity contribution in [2.45, 2.75) is 34.1 Å². The summed E-state index contributed by atoms with van der Waals surface area (Å²) < 4.78 is 3.91. The molecule has 0 bridgehead atoms. The molecule has 0 saturated carbocycles. The molecule has 17 heavy (non-hydrogen) atoms. The molecule has 0 spiro atoms. The van der Waals surface area contributed by atoms with E-state index in [2.05, 4.69) is 55.5 Å². The standard InChI is InChI=1S/C14H18N2S/c1-10-7-11(8-14(2,3)4)5-6-12(10)13-9-17-16-15-13/h5-7,9H,8H2,1-4H3. The van der Waals surface area contributed by atoms with Crippen molar-refractivity contribution < 1.29 is 0 Å². The molecule has 1 heterocycles. The predicted octanol–water partition coefficient (Wildman–Crippen LogP) is 4.10. The first-order valence-electron chi connectivity index (χ1n) is 5.83. The Morgan fingerprint density at radius 3 is 2.53 bits per heavy atom. The van der Waals surface area contributed by atoms with Gasteiger partial charge >= 0.3 is 0 Å². The van der Waals surface area contributed by atoms with Crippen molar-refractivity contribution in [1.29, 1.82) is 0 Å². The Kier molecular flexibility index (Phi) is 3.29. The quantitative estimate of drug-likeness (QED) is 0.797. The second-order valence-electron chi connectivity index (χ2n) is 5.68. The monoisotopic (exact) mass is 246 g/mol. The molecule has 2 aromatic rings. The van der Waals surface area contributed by atoms with Crippen LogP contribution < -0.4 is 0 Å². The average molecular weight is 246 g/mol. The van der Waals surface area contributed by atoms with Gasteiger partial charge in [0.25, 0.3) is 0 Å². The Bertz CT molecular complexity index is 495. The van der Waals surface area contributed by atoms with E-state index in [0.717, 1.165) is 12.1 Å². The molecule has 0 unspecified atom stereocenters. The zero-order valence-corrected chi connectivity index (χ0v) is 11.6. The Morgan fingerprint density at radius 1 is 1.24 bits per heavy atom. The number of rotatable bonds is 2. The van der Waals surface area contributed by atoms with Crippen LogP contribution in [-0.4, -0.2) is 9.59 Å². The van der Waals surface area contributed by atoms with Crippen LogP contribution >= 0.6 is 11.5 Å². The number of hydrogen-bond donors (Lipinski definition) is 0. The third kappa shape index (κ3) is 3.13. The third-order valence-electron chi connectivity index (χ3n) is 2.66. The molecule has 0 saturated heterocycles. The molecule has 1 aromatic carbocycles. The van der Waals surface area contributed by atoms with Crippen LogP contribution in [0.25, 0.3) is 11.3 Å². The smallest absolute Gasteiger partial charge is 0.106 e. The SMILES string of the molecule is Cc1cc(CC(C)(C)C)ccc1-c1csnn1. The van der Waals surface area contributed by atoms with E-state index in [9.17, 15) is 0 Å². The summed E-state index contributed by atoms with van der Waals surface area (Å²) >= 11 is 1.40. The highest BCUT2D eigenvalue weighted by atomic mass is 32.1. The molecule has 0 amide bonds. The molecule has 0 atom stereocenters. The molecular weight excluding hydrogens is 228 g/mol. The topological polar surface area (TPSA) is 25.8 Å². The van der Waals surface area contributed by atoms with Gasteiger partial charge in [-0.25, -0.2) is 0 Å². The van der Waals surface area contributed by atoms with Crippen molar-refractivity contribution in [3.8, 4) is 11.3 Å². The number of aromatic nitrogens is 2. The maximum absolute atomic E-state index is 4.12. The lowest BCUT2D eigenvalue weighted by Crippen LogP contribution is -2.09. The van der Waals surface area contributed by atoms with Gasteiger partial charge in [-0.2, -0.15) is 0 Å². The summed E-state index contributed by atoms with van der Waals surface area (Å²) in [6.45, 7) is 8.93. The van der Waals surface area contributed by atoms with Gasteiger partial charge in [-0.15, -0.1) is 5.10 Å². The van der Waals surface area contributed by atoms with Crippen LogP contribution in [0.3, 0.4) is 0 Å². The molecule has 90 valence electrons. The number of hydrogen-bond acceptors (Lipinski definition) is 3. The lowest BCUT2D eigenvalue weighted by atomic mass is 9.87. The molecule has 0 N–H and O–H groups in total. The molecule has 0 aliphatic heterocycles. The van der Waals surface area contributed by atoms with E-state index >= 15 is 0 Å². The van der Waals surface area contributed by atoms with Crippen LogP contribution in [0.15, 0.2) is 23.6 Å². The molecule has 2 rings (SSSR count). The van der Waals surface area contributed by atoms with Gasteiger partial charge in [0.1, 0.15) is 5.69 Å². The maximum Gasteiger partial charge on any atom is 0.106 e. The van der Waals surface area contributed by atoms with Crippen molar-refractivity contribution in [3.63, 3.8) is 0 Å². The molecule has 0 aliphatic rings. The maximum atomic E-state index is 4.12. The minimum absolute atomic E-state index is 0.330. The predicted molar refractivity (Wildman–Crippen MR) is 73.2 cm³/mol. The van der Waals surface area contributed by atoms with Crippen molar-refractivity contribution >= 4 is 11.5 Å². The number of nitrogens with zero attached hydrogens (tertiary/aromatic N) is 2. The zero-order chi connectivity index (χ0) is 12.5. The minimum Gasteiger partial charge on any atom is -0.138 e. The van der Waals surface area contributed by atoms with Crippen molar-refractivity contribution in [2.75, 3.05) is 0 Å². The fourth-order valence-electron chi connectivity index (χ4n) is 2.02. The summed E-state index contributed by atoms with van der Waals surface area (Å²) in [4.78, 5) is 0. The minimum atomic E-state index is 0.330. The highest BCUT2D eigenvalue weighted by molar-refractivity contribution is 7.03. The zero-order valence-electron chi connectivity index (χ0n) is 10.8. The van der Waals surface area contributed by atoms with Gasteiger partial charge < -0.3 is 0 Å². The van der Waals surface area contributed by atoms with Gasteiger partial charge in [0.2, 0.25) is 0 Å². The Labute approximate surface area is 107 Å². The Morgan fingerprint density at radius 2 is 2.00 bits per heavy atom. The van der Waals surface area contributed by atoms with Crippen LogP contribution in [0.4, 0.5) is 0 Å². The van der Waals surface area contributed by atoms with Crippen molar-refractivity contribution in [2.24, 2.45) is 5.41 Å². The summed E-state index contributed by atoms with van der Waals surface area (Å²) in [6, 6.07) is 6.62. The summed E-state index contributed by atoms with van der Waals surface area (Å²) in [5.74, 6) is 0. The molecule has 2 nitrogen and oxygen atoms in total. The van der Waals surface area contributed by atoms with Crippen LogP contribution in [-0.2, 0) is 6.42 Å². The largest absolute Gasteiger partial charge is 0.138 e. The lowest BCUT2D eigenvalue weighted by molar-refractivity contribution is 0.411. The van der Waals surface area contributed by atoms with Crippen molar-refractivity contribution in [3.05, 3.63) is 34.7 Å². The highest BCUT2D eigenvalue weighted by Crippen LogP contribution is 2.26.